The number of alkyl halides is 3. The molecule has 0 N–H and O–H groups in total. The van der Waals surface area contributed by atoms with Crippen LogP contribution in [0.15, 0.2) is 30.6 Å². The van der Waals surface area contributed by atoms with E-state index in [-0.39, 0.29) is 23.9 Å². The molecule has 1 aliphatic heterocycles. The van der Waals surface area contributed by atoms with Gasteiger partial charge in [-0.15, -0.1) is 0 Å². The van der Waals surface area contributed by atoms with Crippen LogP contribution in [-0.4, -0.2) is 65.3 Å². The molecule has 0 radical (unpaired) electrons. The fraction of sp³-hybridized carbons (Fsp3) is 0.526. The van der Waals surface area contributed by atoms with Crippen molar-refractivity contribution in [2.75, 3.05) is 38.1 Å². The molecule has 152 valence electrons. The molecule has 9 heteroatoms. The van der Waals surface area contributed by atoms with E-state index in [1.807, 2.05) is 13.8 Å². The molecule has 0 spiro atoms. The van der Waals surface area contributed by atoms with Gasteiger partial charge in [-0.05, 0) is 26.0 Å². The molecule has 3 heterocycles. The van der Waals surface area contributed by atoms with Crippen LogP contribution < -0.4 is 4.90 Å². The zero-order valence-electron chi connectivity index (χ0n) is 16.1. The molecule has 0 aromatic carbocycles. The Morgan fingerprint density at radius 1 is 1.21 bits per heavy atom. The number of ether oxygens (including phenoxy) is 1. The van der Waals surface area contributed by atoms with Gasteiger partial charge < -0.3 is 9.64 Å². The van der Waals surface area contributed by atoms with Gasteiger partial charge in [-0.1, -0.05) is 0 Å². The maximum absolute atomic E-state index is 13.3. The number of hydrogen-bond acceptors (Lipinski definition) is 6. The third-order valence-corrected chi connectivity index (χ3v) is 4.56. The van der Waals surface area contributed by atoms with Crippen LogP contribution in [0.5, 0.6) is 0 Å². The van der Waals surface area contributed by atoms with Crippen LogP contribution in [-0.2, 0) is 10.9 Å². The van der Waals surface area contributed by atoms with E-state index in [2.05, 4.69) is 19.9 Å². The third kappa shape index (κ3) is 5.17. The molecule has 0 unspecified atom stereocenters. The highest BCUT2D eigenvalue weighted by Gasteiger charge is 2.34. The molecule has 2 atom stereocenters. The van der Waals surface area contributed by atoms with Gasteiger partial charge in [0.15, 0.2) is 11.5 Å². The van der Waals surface area contributed by atoms with E-state index in [0.717, 1.165) is 19.2 Å². The van der Waals surface area contributed by atoms with Crippen molar-refractivity contribution < 1.29 is 17.9 Å². The number of pyridine rings is 1. The number of hydrogen-bond donors (Lipinski definition) is 0. The van der Waals surface area contributed by atoms with E-state index in [9.17, 15) is 13.2 Å². The SMILES string of the molecule is C[C@@H]1CN(CCN(C)c2cc(C(F)(F)F)nc(-c3cccnc3)n2)C[C@H](C)O1. The smallest absolute Gasteiger partial charge is 0.373 e. The lowest BCUT2D eigenvalue weighted by molar-refractivity contribution is -0.141. The molecule has 6 nitrogen and oxygen atoms in total. The molecule has 0 amide bonds. The van der Waals surface area contributed by atoms with E-state index < -0.39 is 11.9 Å². The van der Waals surface area contributed by atoms with Gasteiger partial charge in [-0.3, -0.25) is 9.88 Å². The number of morpholine rings is 1. The third-order valence-electron chi connectivity index (χ3n) is 4.56. The van der Waals surface area contributed by atoms with Crippen molar-refractivity contribution in [3.63, 3.8) is 0 Å². The van der Waals surface area contributed by atoms with Crippen LogP contribution in [0, 0.1) is 0 Å². The van der Waals surface area contributed by atoms with E-state index in [4.69, 9.17) is 4.74 Å². The number of aromatic nitrogens is 3. The zero-order chi connectivity index (χ0) is 20.3. The summed E-state index contributed by atoms with van der Waals surface area (Å²) >= 11 is 0. The summed E-state index contributed by atoms with van der Waals surface area (Å²) in [5.41, 5.74) is -0.518. The first-order valence-corrected chi connectivity index (χ1v) is 9.18. The first kappa shape index (κ1) is 20.5. The van der Waals surface area contributed by atoms with E-state index in [1.54, 1.807) is 30.3 Å². The second kappa shape index (κ2) is 8.40. The largest absolute Gasteiger partial charge is 0.433 e. The summed E-state index contributed by atoms with van der Waals surface area (Å²) in [5.74, 6) is 0.244. The van der Waals surface area contributed by atoms with Crippen molar-refractivity contribution in [2.45, 2.75) is 32.2 Å². The number of rotatable bonds is 5. The highest BCUT2D eigenvalue weighted by molar-refractivity contribution is 5.57. The Hall–Kier alpha value is -2.26. The molecule has 1 saturated heterocycles. The molecule has 28 heavy (non-hydrogen) atoms. The van der Waals surface area contributed by atoms with Crippen molar-refractivity contribution in [1.29, 1.82) is 0 Å². The molecule has 0 aliphatic carbocycles. The van der Waals surface area contributed by atoms with Gasteiger partial charge in [-0.25, -0.2) is 9.97 Å². The molecule has 3 rings (SSSR count). The molecular formula is C19H24F3N5O. The first-order valence-electron chi connectivity index (χ1n) is 9.18. The maximum atomic E-state index is 13.3. The van der Waals surface area contributed by atoms with Crippen molar-refractivity contribution in [2.24, 2.45) is 0 Å². The quantitative estimate of drug-likeness (QED) is 0.776. The normalized spacial score (nSPS) is 20.9. The first-order chi connectivity index (χ1) is 13.2. The Kier molecular flexibility index (Phi) is 6.14. The molecule has 1 fully saturated rings. The van der Waals surface area contributed by atoms with Crippen LogP contribution in [0.4, 0.5) is 19.0 Å². The highest BCUT2D eigenvalue weighted by atomic mass is 19.4. The summed E-state index contributed by atoms with van der Waals surface area (Å²) < 4.78 is 45.7. The monoisotopic (exact) mass is 395 g/mol. The molecule has 0 saturated carbocycles. The van der Waals surface area contributed by atoms with Crippen LogP contribution in [0.3, 0.4) is 0 Å². The van der Waals surface area contributed by atoms with Gasteiger partial charge in [0.25, 0.3) is 0 Å². The average Bonchev–Trinajstić information content (AvgIpc) is 2.65. The Morgan fingerprint density at radius 2 is 1.93 bits per heavy atom. The molecule has 2 aromatic rings. The average molecular weight is 395 g/mol. The van der Waals surface area contributed by atoms with Crippen molar-refractivity contribution in [1.82, 2.24) is 19.9 Å². The van der Waals surface area contributed by atoms with Crippen LogP contribution in [0.25, 0.3) is 11.4 Å². The summed E-state index contributed by atoms with van der Waals surface area (Å²) in [5, 5.41) is 0. The topological polar surface area (TPSA) is 54.4 Å². The Balaban J connectivity index is 1.79. The highest BCUT2D eigenvalue weighted by Crippen LogP contribution is 2.31. The molecule has 2 aromatic heterocycles. The second-order valence-electron chi connectivity index (χ2n) is 7.11. The minimum atomic E-state index is -4.55. The van der Waals surface area contributed by atoms with Crippen LogP contribution >= 0.6 is 0 Å². The zero-order valence-corrected chi connectivity index (χ0v) is 16.1. The summed E-state index contributed by atoms with van der Waals surface area (Å²) in [6, 6.07) is 4.27. The van der Waals surface area contributed by atoms with Crippen molar-refractivity contribution >= 4 is 5.82 Å². The van der Waals surface area contributed by atoms with Crippen molar-refractivity contribution in [3.05, 3.63) is 36.3 Å². The minimum absolute atomic E-state index is 0.0124. The van der Waals surface area contributed by atoms with E-state index >= 15 is 0 Å². The Labute approximate surface area is 162 Å². The summed E-state index contributed by atoms with van der Waals surface area (Å²) in [4.78, 5) is 16.0. The molecular weight excluding hydrogens is 371 g/mol. The lowest BCUT2D eigenvalue weighted by Gasteiger charge is -2.36. The van der Waals surface area contributed by atoms with Gasteiger partial charge in [0.1, 0.15) is 5.82 Å². The maximum Gasteiger partial charge on any atom is 0.433 e. The second-order valence-corrected chi connectivity index (χ2v) is 7.11. The predicted octanol–water partition coefficient (Wildman–Crippen LogP) is 3.10. The van der Waals surface area contributed by atoms with Gasteiger partial charge in [0.2, 0.25) is 0 Å². The lowest BCUT2D eigenvalue weighted by atomic mass is 10.2. The standard InChI is InChI=1S/C19H24F3N5O/c1-13-11-27(12-14(2)28-13)8-7-26(3)17-9-16(19(20,21)22)24-18(25-17)15-5-4-6-23-10-15/h4-6,9-10,13-14H,7-8,11-12H2,1-3H3/t13-,14+. The van der Waals surface area contributed by atoms with Gasteiger partial charge in [0, 0.05) is 57.3 Å². The van der Waals surface area contributed by atoms with E-state index in [1.165, 1.54) is 6.20 Å². The van der Waals surface area contributed by atoms with Crippen molar-refractivity contribution in [3.8, 4) is 11.4 Å². The minimum Gasteiger partial charge on any atom is -0.373 e. The fourth-order valence-electron chi connectivity index (χ4n) is 3.27. The number of likely N-dealkylation sites (N-methyl/N-ethyl adjacent to an activating group) is 1. The summed E-state index contributed by atoms with van der Waals surface area (Å²) in [7, 11) is 1.74. The summed E-state index contributed by atoms with van der Waals surface area (Å²) in [6.07, 6.45) is -1.27. The van der Waals surface area contributed by atoms with Gasteiger partial charge in [0.05, 0.1) is 12.2 Å². The number of nitrogens with zero attached hydrogens (tertiary/aromatic N) is 5. The Bertz CT molecular complexity index is 777. The molecule has 0 bridgehead atoms. The Morgan fingerprint density at radius 3 is 2.54 bits per heavy atom. The lowest BCUT2D eigenvalue weighted by Crippen LogP contribution is -2.47. The van der Waals surface area contributed by atoms with Gasteiger partial charge in [-0.2, -0.15) is 13.2 Å². The summed E-state index contributed by atoms with van der Waals surface area (Å²) in [6.45, 7) is 6.90. The number of halogens is 3. The van der Waals surface area contributed by atoms with Crippen LogP contribution in [0.2, 0.25) is 0 Å². The molecule has 1 aliphatic rings. The predicted molar refractivity (Wildman–Crippen MR) is 100.0 cm³/mol. The van der Waals surface area contributed by atoms with Gasteiger partial charge >= 0.3 is 6.18 Å². The fourth-order valence-corrected chi connectivity index (χ4v) is 3.27. The van der Waals surface area contributed by atoms with E-state index in [0.29, 0.717) is 18.7 Å². The van der Waals surface area contributed by atoms with Crippen LogP contribution in [0.1, 0.15) is 19.5 Å². The number of anilines is 1.